The van der Waals surface area contributed by atoms with Gasteiger partial charge in [0.15, 0.2) is 5.78 Å². The van der Waals surface area contributed by atoms with E-state index in [1.54, 1.807) is 6.07 Å². The lowest BCUT2D eigenvalue weighted by atomic mass is 9.90. The molecular weight excluding hydrogens is 300 g/mol. The van der Waals surface area contributed by atoms with Crippen molar-refractivity contribution >= 4 is 34.7 Å². The lowest BCUT2D eigenvalue weighted by Crippen LogP contribution is -2.38. The topological polar surface area (TPSA) is 49.4 Å². The number of benzene rings is 2. The summed E-state index contributed by atoms with van der Waals surface area (Å²) in [5.74, 6) is -0.704. The number of para-hydroxylation sites is 2. The van der Waals surface area contributed by atoms with E-state index in [4.69, 9.17) is 11.6 Å². The predicted molar refractivity (Wildman–Crippen MR) is 85.6 cm³/mol. The number of amides is 1. The quantitative estimate of drug-likeness (QED) is 0.685. The molecule has 22 heavy (non-hydrogen) atoms. The number of anilines is 2. The molecule has 0 bridgehead atoms. The van der Waals surface area contributed by atoms with Crippen molar-refractivity contribution in [1.82, 2.24) is 0 Å². The van der Waals surface area contributed by atoms with E-state index in [-0.39, 0.29) is 17.7 Å². The van der Waals surface area contributed by atoms with Crippen LogP contribution in [0.5, 0.6) is 0 Å². The Morgan fingerprint density at radius 2 is 1.77 bits per heavy atom. The van der Waals surface area contributed by atoms with Gasteiger partial charge in [-0.25, -0.2) is 0 Å². The standard InChI is InChI=1S/C17H13ClN2O2/c18-9-20-13-8-4-2-6-11(13)14(17(20)22)15-16(21)10-5-1-3-7-12(10)19-15/h1-8,14-15,19H,9H2. The zero-order valence-corrected chi connectivity index (χ0v) is 12.4. The maximum atomic E-state index is 12.7. The highest BCUT2D eigenvalue weighted by Gasteiger charge is 2.47. The number of carbonyl (C=O) groups is 2. The highest BCUT2D eigenvalue weighted by atomic mass is 35.5. The first-order valence-electron chi connectivity index (χ1n) is 7.08. The third-order valence-electron chi connectivity index (χ3n) is 4.33. The fourth-order valence-electron chi connectivity index (χ4n) is 3.32. The van der Waals surface area contributed by atoms with E-state index in [0.29, 0.717) is 5.56 Å². The molecule has 5 heteroatoms. The number of hydrogen-bond donors (Lipinski definition) is 1. The van der Waals surface area contributed by atoms with Gasteiger partial charge in [0.05, 0.1) is 5.92 Å². The fraction of sp³-hybridized carbons (Fsp3) is 0.176. The normalized spacial score (nSPS) is 22.5. The van der Waals surface area contributed by atoms with E-state index in [0.717, 1.165) is 16.9 Å². The van der Waals surface area contributed by atoms with E-state index in [1.807, 2.05) is 42.5 Å². The number of halogens is 1. The van der Waals surface area contributed by atoms with E-state index >= 15 is 0 Å². The van der Waals surface area contributed by atoms with Crippen LogP contribution >= 0.6 is 11.6 Å². The molecule has 0 spiro atoms. The van der Waals surface area contributed by atoms with Crippen LogP contribution in [0.4, 0.5) is 11.4 Å². The number of fused-ring (bicyclic) bond motifs is 2. The molecule has 2 atom stereocenters. The van der Waals surface area contributed by atoms with Gasteiger partial charge in [0.25, 0.3) is 0 Å². The molecule has 2 heterocycles. The molecule has 0 saturated carbocycles. The van der Waals surface area contributed by atoms with E-state index in [9.17, 15) is 9.59 Å². The van der Waals surface area contributed by atoms with Crippen LogP contribution in [-0.4, -0.2) is 23.7 Å². The molecule has 0 saturated heterocycles. The van der Waals surface area contributed by atoms with E-state index in [1.165, 1.54) is 4.90 Å². The van der Waals surface area contributed by atoms with Crippen molar-refractivity contribution in [3.05, 3.63) is 59.7 Å². The summed E-state index contributed by atoms with van der Waals surface area (Å²) >= 11 is 5.93. The SMILES string of the molecule is O=C1c2ccccc2NC1C1C(=O)N(CCl)c2ccccc21. The zero-order chi connectivity index (χ0) is 15.3. The molecule has 2 aromatic carbocycles. The molecule has 0 aliphatic carbocycles. The number of hydrogen-bond acceptors (Lipinski definition) is 3. The van der Waals surface area contributed by atoms with Crippen molar-refractivity contribution in [1.29, 1.82) is 0 Å². The van der Waals surface area contributed by atoms with Gasteiger partial charge in [-0.05, 0) is 23.8 Å². The smallest absolute Gasteiger partial charge is 0.238 e. The zero-order valence-electron chi connectivity index (χ0n) is 11.6. The maximum Gasteiger partial charge on any atom is 0.238 e. The summed E-state index contributed by atoms with van der Waals surface area (Å²) in [4.78, 5) is 26.9. The van der Waals surface area contributed by atoms with Gasteiger partial charge in [0.2, 0.25) is 5.91 Å². The second-order valence-corrected chi connectivity index (χ2v) is 5.69. The summed E-state index contributed by atoms with van der Waals surface area (Å²) in [6.07, 6.45) is 0. The Morgan fingerprint density at radius 1 is 1.05 bits per heavy atom. The first kappa shape index (κ1) is 13.3. The second kappa shape index (κ2) is 4.85. The van der Waals surface area contributed by atoms with Crippen LogP contribution in [0.3, 0.4) is 0 Å². The van der Waals surface area contributed by atoms with Crippen LogP contribution in [0, 0.1) is 0 Å². The average Bonchev–Trinajstić information content (AvgIpc) is 3.01. The van der Waals surface area contributed by atoms with Gasteiger partial charge in [-0.3, -0.25) is 14.5 Å². The Bertz CT molecular complexity index is 790. The van der Waals surface area contributed by atoms with E-state index in [2.05, 4.69) is 5.32 Å². The fourth-order valence-corrected chi connectivity index (χ4v) is 3.57. The number of Topliss-reactive ketones (excluding diaryl/α,β-unsaturated/α-hetero) is 1. The highest BCUT2D eigenvalue weighted by molar-refractivity contribution is 6.24. The van der Waals surface area contributed by atoms with E-state index < -0.39 is 12.0 Å². The summed E-state index contributed by atoms with van der Waals surface area (Å²) in [6.45, 7) is 0. The number of nitrogens with zero attached hydrogens (tertiary/aromatic N) is 1. The van der Waals surface area contributed by atoms with Gasteiger partial charge in [-0.1, -0.05) is 30.3 Å². The van der Waals surface area contributed by atoms with Crippen LogP contribution in [0.25, 0.3) is 0 Å². The molecule has 4 nitrogen and oxygen atoms in total. The van der Waals surface area contributed by atoms with Crippen LogP contribution in [0.1, 0.15) is 21.8 Å². The van der Waals surface area contributed by atoms with Crippen LogP contribution in [-0.2, 0) is 4.79 Å². The van der Waals surface area contributed by atoms with Gasteiger partial charge in [-0.15, -0.1) is 11.6 Å². The van der Waals surface area contributed by atoms with Crippen molar-refractivity contribution in [3.63, 3.8) is 0 Å². The molecule has 0 radical (unpaired) electrons. The summed E-state index contributed by atoms with van der Waals surface area (Å²) in [6, 6.07) is 14.4. The Kier molecular flexibility index (Phi) is 2.94. The van der Waals surface area contributed by atoms with Crippen molar-refractivity contribution in [3.8, 4) is 0 Å². The van der Waals surface area contributed by atoms with Crippen molar-refractivity contribution in [2.45, 2.75) is 12.0 Å². The lowest BCUT2D eigenvalue weighted by molar-refractivity contribution is -0.119. The number of rotatable bonds is 2. The third kappa shape index (κ3) is 1.70. The largest absolute Gasteiger partial charge is 0.373 e. The molecule has 4 rings (SSSR count). The molecule has 110 valence electrons. The summed E-state index contributed by atoms with van der Waals surface area (Å²) in [5.41, 5.74) is 3.07. The Morgan fingerprint density at radius 3 is 2.55 bits per heavy atom. The number of alkyl halides is 1. The van der Waals surface area contributed by atoms with Gasteiger partial charge in [0, 0.05) is 16.9 Å². The van der Waals surface area contributed by atoms with Crippen LogP contribution in [0.15, 0.2) is 48.5 Å². The number of ketones is 1. The van der Waals surface area contributed by atoms with Crippen molar-refractivity contribution < 1.29 is 9.59 Å². The first-order valence-corrected chi connectivity index (χ1v) is 7.62. The highest BCUT2D eigenvalue weighted by Crippen LogP contribution is 2.43. The molecule has 0 aromatic heterocycles. The van der Waals surface area contributed by atoms with Crippen LogP contribution in [0.2, 0.25) is 0 Å². The molecule has 1 amide bonds. The van der Waals surface area contributed by atoms with Gasteiger partial charge >= 0.3 is 0 Å². The lowest BCUT2D eigenvalue weighted by Gasteiger charge is -2.18. The Hall–Kier alpha value is -2.33. The molecule has 2 aromatic rings. The Labute approximate surface area is 132 Å². The number of carbonyl (C=O) groups excluding carboxylic acids is 2. The number of nitrogens with one attached hydrogen (secondary N) is 1. The Balaban J connectivity index is 1.79. The predicted octanol–water partition coefficient (Wildman–Crippen LogP) is 2.99. The van der Waals surface area contributed by atoms with Gasteiger partial charge < -0.3 is 5.32 Å². The first-order chi connectivity index (χ1) is 10.7. The minimum atomic E-state index is -0.570. The minimum Gasteiger partial charge on any atom is -0.373 e. The van der Waals surface area contributed by atoms with Crippen molar-refractivity contribution in [2.75, 3.05) is 16.2 Å². The summed E-state index contributed by atoms with van der Waals surface area (Å²) < 4.78 is 0. The molecule has 2 aliphatic rings. The van der Waals surface area contributed by atoms with Gasteiger partial charge in [-0.2, -0.15) is 0 Å². The van der Waals surface area contributed by atoms with Gasteiger partial charge in [0.1, 0.15) is 12.0 Å². The molecule has 2 aliphatic heterocycles. The maximum absolute atomic E-state index is 12.7. The third-order valence-corrected chi connectivity index (χ3v) is 4.57. The van der Waals surface area contributed by atoms with Crippen LogP contribution < -0.4 is 10.2 Å². The minimum absolute atomic E-state index is 0.0415. The second-order valence-electron chi connectivity index (χ2n) is 5.45. The molecular formula is C17H13ClN2O2. The monoisotopic (exact) mass is 312 g/mol. The summed E-state index contributed by atoms with van der Waals surface area (Å²) in [5, 5.41) is 3.20. The molecule has 2 unspecified atom stereocenters. The summed E-state index contributed by atoms with van der Waals surface area (Å²) in [7, 11) is 0. The van der Waals surface area contributed by atoms with Crippen molar-refractivity contribution in [2.24, 2.45) is 0 Å². The molecule has 1 N–H and O–H groups in total. The average molecular weight is 313 g/mol. The molecule has 0 fully saturated rings.